The molecule has 0 spiro atoms. The average Bonchev–Trinajstić information content (AvgIpc) is 2.66. The van der Waals surface area contributed by atoms with Gasteiger partial charge in [0, 0.05) is 10.0 Å². The molecule has 0 bridgehead atoms. The van der Waals surface area contributed by atoms with E-state index < -0.39 is 24.5 Å². The number of carboxylic acid groups (broad SMARTS) is 1. The first-order chi connectivity index (χ1) is 9.45. The summed E-state index contributed by atoms with van der Waals surface area (Å²) in [5.74, 6) is -1.68. The van der Waals surface area contributed by atoms with Crippen LogP contribution < -0.4 is 20.5 Å². The van der Waals surface area contributed by atoms with E-state index in [1.807, 2.05) is 0 Å². The van der Waals surface area contributed by atoms with Crippen LogP contribution in [0.3, 0.4) is 0 Å². The lowest BCUT2D eigenvalue weighted by Crippen LogP contribution is -2.29. The van der Waals surface area contributed by atoms with Crippen LogP contribution in [0.25, 0.3) is 6.08 Å². The van der Waals surface area contributed by atoms with Crippen molar-refractivity contribution in [2.24, 2.45) is 0 Å². The predicted molar refractivity (Wildman–Crippen MR) is 69.3 cm³/mol. The summed E-state index contributed by atoms with van der Waals surface area (Å²) in [6.45, 7) is -0.615. The topological polar surface area (TPSA) is 108 Å². The number of rotatable bonds is 4. The molecular weight excluding hydrogens is 332 g/mol. The van der Waals surface area contributed by atoms with Crippen LogP contribution in [0, 0.1) is 0 Å². The number of amides is 3. The quantitative estimate of drug-likeness (QED) is 0.581. The number of urea groups is 1. The second kappa shape index (κ2) is 5.74. The van der Waals surface area contributed by atoms with E-state index >= 15 is 0 Å². The second-order valence-corrected chi connectivity index (χ2v) is 4.72. The molecule has 104 valence electrons. The first kappa shape index (κ1) is 14.1. The Morgan fingerprint density at radius 1 is 1.35 bits per heavy atom. The summed E-state index contributed by atoms with van der Waals surface area (Å²) in [5.41, 5.74) is 0.486. The van der Waals surface area contributed by atoms with Crippen molar-refractivity contribution in [1.29, 1.82) is 0 Å². The molecule has 1 aromatic carbocycles. The minimum atomic E-state index is -1.36. The van der Waals surface area contributed by atoms with Crippen LogP contribution in [-0.2, 0) is 9.59 Å². The fourth-order valence-corrected chi connectivity index (χ4v) is 1.92. The van der Waals surface area contributed by atoms with E-state index in [9.17, 15) is 19.5 Å². The molecule has 3 amide bonds. The molecule has 8 heteroatoms. The van der Waals surface area contributed by atoms with Gasteiger partial charge in [0.25, 0.3) is 5.91 Å². The van der Waals surface area contributed by atoms with Crippen molar-refractivity contribution in [1.82, 2.24) is 10.6 Å². The highest BCUT2D eigenvalue weighted by atomic mass is 79.9. The fraction of sp³-hybridized carbons (Fsp3) is 0.0833. The molecule has 2 N–H and O–H groups in total. The number of ether oxygens (including phenoxy) is 1. The highest BCUT2D eigenvalue weighted by Crippen LogP contribution is 2.25. The van der Waals surface area contributed by atoms with Crippen LogP contribution in [-0.4, -0.2) is 24.5 Å². The van der Waals surface area contributed by atoms with Gasteiger partial charge in [0.15, 0.2) is 0 Å². The van der Waals surface area contributed by atoms with Crippen molar-refractivity contribution in [2.45, 2.75) is 0 Å². The van der Waals surface area contributed by atoms with Gasteiger partial charge >= 0.3 is 6.03 Å². The third kappa shape index (κ3) is 3.35. The average molecular weight is 340 g/mol. The summed E-state index contributed by atoms with van der Waals surface area (Å²) in [6, 6.07) is 4.19. The molecule has 7 nitrogen and oxygen atoms in total. The van der Waals surface area contributed by atoms with Crippen LogP contribution in [0.4, 0.5) is 4.79 Å². The first-order valence-electron chi connectivity index (χ1n) is 5.42. The zero-order valence-electron chi connectivity index (χ0n) is 9.94. The molecule has 1 saturated heterocycles. The third-order valence-electron chi connectivity index (χ3n) is 2.34. The van der Waals surface area contributed by atoms with Crippen LogP contribution in [0.1, 0.15) is 5.56 Å². The van der Waals surface area contributed by atoms with Gasteiger partial charge in [-0.05, 0) is 24.3 Å². The van der Waals surface area contributed by atoms with E-state index in [2.05, 4.69) is 26.6 Å². The lowest BCUT2D eigenvalue weighted by Gasteiger charge is -2.10. The van der Waals surface area contributed by atoms with Gasteiger partial charge in [0.2, 0.25) is 0 Å². The van der Waals surface area contributed by atoms with Gasteiger partial charge in [-0.1, -0.05) is 15.9 Å². The first-order valence-corrected chi connectivity index (χ1v) is 6.21. The molecule has 1 heterocycles. The van der Waals surface area contributed by atoms with Gasteiger partial charge < -0.3 is 20.0 Å². The van der Waals surface area contributed by atoms with Gasteiger partial charge in [-0.3, -0.25) is 10.1 Å². The summed E-state index contributed by atoms with van der Waals surface area (Å²) >= 11 is 3.25. The van der Waals surface area contributed by atoms with Crippen molar-refractivity contribution in [2.75, 3.05) is 6.61 Å². The minimum Gasteiger partial charge on any atom is -0.546 e. The molecule has 0 atom stereocenters. The van der Waals surface area contributed by atoms with Crippen molar-refractivity contribution in [3.63, 3.8) is 0 Å². The van der Waals surface area contributed by atoms with Gasteiger partial charge in [0.05, 0.1) is 5.97 Å². The smallest absolute Gasteiger partial charge is 0.326 e. The summed E-state index contributed by atoms with van der Waals surface area (Å²) in [5, 5.41) is 14.8. The van der Waals surface area contributed by atoms with E-state index in [-0.39, 0.29) is 11.4 Å². The number of carbonyl (C=O) groups excluding carboxylic acids is 3. The van der Waals surface area contributed by atoms with E-state index in [1.165, 1.54) is 12.1 Å². The molecule has 0 saturated carbocycles. The van der Waals surface area contributed by atoms with Crippen LogP contribution in [0.5, 0.6) is 5.75 Å². The lowest BCUT2D eigenvalue weighted by molar-refractivity contribution is -0.307. The Hall–Kier alpha value is -2.35. The van der Waals surface area contributed by atoms with Gasteiger partial charge in [-0.15, -0.1) is 0 Å². The summed E-state index contributed by atoms with van der Waals surface area (Å²) < 4.78 is 5.76. The summed E-state index contributed by atoms with van der Waals surface area (Å²) in [4.78, 5) is 32.9. The normalized spacial score (nSPS) is 15.9. The molecule has 1 fully saturated rings. The third-order valence-corrected chi connectivity index (χ3v) is 2.83. The summed E-state index contributed by atoms with van der Waals surface area (Å²) in [6.07, 6.45) is 1.38. The van der Waals surface area contributed by atoms with Gasteiger partial charge in [-0.25, -0.2) is 4.79 Å². The molecule has 1 aromatic rings. The molecule has 1 aliphatic rings. The number of nitrogens with one attached hydrogen (secondary N) is 2. The van der Waals surface area contributed by atoms with Crippen molar-refractivity contribution in [3.05, 3.63) is 33.9 Å². The largest absolute Gasteiger partial charge is 0.546 e. The maximum Gasteiger partial charge on any atom is 0.326 e. The van der Waals surface area contributed by atoms with Gasteiger partial charge in [0.1, 0.15) is 18.1 Å². The highest BCUT2D eigenvalue weighted by molar-refractivity contribution is 9.10. The second-order valence-electron chi connectivity index (χ2n) is 3.81. The van der Waals surface area contributed by atoms with Crippen LogP contribution >= 0.6 is 15.9 Å². The SMILES string of the molecule is O=C([O-])COc1ccc(Br)cc1/C=C1/NC(=O)NC1=O. The van der Waals surface area contributed by atoms with E-state index in [0.717, 1.165) is 0 Å². The molecule has 0 aliphatic carbocycles. The van der Waals surface area contributed by atoms with Crippen molar-refractivity contribution in [3.8, 4) is 5.75 Å². The lowest BCUT2D eigenvalue weighted by atomic mass is 10.1. The van der Waals surface area contributed by atoms with Crippen LogP contribution in [0.2, 0.25) is 0 Å². The molecule has 1 aliphatic heterocycles. The van der Waals surface area contributed by atoms with Crippen molar-refractivity contribution >= 4 is 39.9 Å². The summed E-state index contributed by atoms with van der Waals surface area (Å²) in [7, 11) is 0. The Kier molecular flexibility index (Phi) is 4.04. The number of carbonyl (C=O) groups is 3. The number of hydrogen-bond acceptors (Lipinski definition) is 5. The predicted octanol–water partition coefficient (Wildman–Crippen LogP) is -0.242. The number of benzene rings is 1. The number of carboxylic acids is 1. The Morgan fingerprint density at radius 2 is 2.10 bits per heavy atom. The minimum absolute atomic E-state index is 0.0476. The number of hydrogen-bond donors (Lipinski definition) is 2. The Morgan fingerprint density at radius 3 is 2.70 bits per heavy atom. The number of aliphatic carboxylic acids is 1. The number of halogens is 1. The highest BCUT2D eigenvalue weighted by Gasteiger charge is 2.23. The van der Waals surface area contributed by atoms with E-state index in [0.29, 0.717) is 10.0 Å². The van der Waals surface area contributed by atoms with E-state index in [4.69, 9.17) is 4.74 Å². The zero-order chi connectivity index (χ0) is 14.7. The molecule has 0 radical (unpaired) electrons. The monoisotopic (exact) mass is 339 g/mol. The molecular formula is C12H8BrN2O5-. The fourth-order valence-electron chi connectivity index (χ4n) is 1.54. The maximum absolute atomic E-state index is 11.4. The van der Waals surface area contributed by atoms with Crippen molar-refractivity contribution < 1.29 is 24.2 Å². The Labute approximate surface area is 121 Å². The Balaban J connectivity index is 2.32. The molecule has 0 aromatic heterocycles. The molecule has 20 heavy (non-hydrogen) atoms. The standard InChI is InChI=1S/C12H9BrN2O5/c13-7-1-2-9(20-5-10(16)17)6(3-7)4-8-11(18)15-12(19)14-8/h1-4H,5H2,(H,16,17)(H2,14,15,18,19)/p-1/b8-4+. The molecule has 0 unspecified atom stereocenters. The van der Waals surface area contributed by atoms with Gasteiger partial charge in [-0.2, -0.15) is 0 Å². The molecule has 2 rings (SSSR count). The maximum atomic E-state index is 11.4. The van der Waals surface area contributed by atoms with Crippen LogP contribution in [0.15, 0.2) is 28.4 Å². The Bertz CT molecular complexity index is 626. The van der Waals surface area contributed by atoms with E-state index in [1.54, 1.807) is 12.1 Å². The number of imide groups is 1. The zero-order valence-corrected chi connectivity index (χ0v) is 11.5.